The summed E-state index contributed by atoms with van der Waals surface area (Å²) >= 11 is 2.42. The van der Waals surface area contributed by atoms with Crippen LogP contribution in [0.4, 0.5) is 0 Å². The van der Waals surface area contributed by atoms with Gasteiger partial charge >= 0.3 is 0 Å². The average molecular weight is 548 g/mol. The predicted molar refractivity (Wildman–Crippen MR) is 138 cm³/mol. The van der Waals surface area contributed by atoms with Crippen molar-refractivity contribution in [3.05, 3.63) is 87.3 Å². The standard InChI is InChI=1S/C27H25IN4O/c1-16-11-27(3,12-16)18-8-9-22-20(10-18)24(19-6-4-5-7-21(19)28)31-17(2)26-25(30-14-32(22)26)23-13-29-15-33-23/h4-10,13-17H,11-12H2,1-3H3/t16?,17-,27?/m1/s1. The van der Waals surface area contributed by atoms with Gasteiger partial charge < -0.3 is 4.42 Å². The minimum Gasteiger partial charge on any atom is -0.442 e. The van der Waals surface area contributed by atoms with Crippen LogP contribution in [0.2, 0.25) is 0 Å². The van der Waals surface area contributed by atoms with Crippen molar-refractivity contribution in [3.63, 3.8) is 0 Å². The van der Waals surface area contributed by atoms with Gasteiger partial charge in [0.2, 0.25) is 0 Å². The van der Waals surface area contributed by atoms with Crippen molar-refractivity contribution < 1.29 is 4.42 Å². The van der Waals surface area contributed by atoms with Gasteiger partial charge in [0.25, 0.3) is 0 Å². The summed E-state index contributed by atoms with van der Waals surface area (Å²) in [6, 6.07) is 15.3. The first-order valence-electron chi connectivity index (χ1n) is 11.4. The summed E-state index contributed by atoms with van der Waals surface area (Å²) in [7, 11) is 0. The smallest absolute Gasteiger partial charge is 0.181 e. The van der Waals surface area contributed by atoms with E-state index in [1.807, 2.05) is 6.33 Å². The number of rotatable bonds is 3. The Morgan fingerprint density at radius 1 is 1.09 bits per heavy atom. The number of hydrogen-bond donors (Lipinski definition) is 0. The molecule has 2 aromatic heterocycles. The van der Waals surface area contributed by atoms with E-state index < -0.39 is 0 Å². The molecule has 3 heterocycles. The number of oxazole rings is 1. The van der Waals surface area contributed by atoms with Crippen LogP contribution in [0, 0.1) is 9.49 Å². The van der Waals surface area contributed by atoms with Crippen molar-refractivity contribution in [2.75, 3.05) is 0 Å². The average Bonchev–Trinajstić information content (AvgIpc) is 3.44. The van der Waals surface area contributed by atoms with E-state index in [-0.39, 0.29) is 11.5 Å². The molecular formula is C27H25IN4O. The molecular weight excluding hydrogens is 523 g/mol. The summed E-state index contributed by atoms with van der Waals surface area (Å²) in [5.74, 6) is 1.44. The molecule has 4 aromatic rings. The van der Waals surface area contributed by atoms with Crippen molar-refractivity contribution in [2.24, 2.45) is 10.9 Å². The highest BCUT2D eigenvalue weighted by atomic mass is 127. The lowest BCUT2D eigenvalue weighted by Gasteiger charge is -2.44. The minimum absolute atomic E-state index is 0.103. The number of halogens is 1. The van der Waals surface area contributed by atoms with Crippen molar-refractivity contribution in [1.29, 1.82) is 0 Å². The van der Waals surface area contributed by atoms with E-state index in [0.29, 0.717) is 5.76 Å². The molecule has 1 atom stereocenters. The first-order valence-corrected chi connectivity index (χ1v) is 12.5. The Hall–Kier alpha value is -2.74. The Kier molecular flexibility index (Phi) is 4.83. The fourth-order valence-electron chi connectivity index (χ4n) is 5.69. The van der Waals surface area contributed by atoms with Crippen molar-refractivity contribution in [2.45, 2.75) is 45.1 Å². The third-order valence-corrected chi connectivity index (χ3v) is 8.06. The zero-order chi connectivity index (χ0) is 22.7. The van der Waals surface area contributed by atoms with Crippen LogP contribution in [0.3, 0.4) is 0 Å². The molecule has 1 saturated carbocycles. The normalized spacial score (nSPS) is 23.8. The van der Waals surface area contributed by atoms with Gasteiger partial charge in [-0.25, -0.2) is 9.97 Å². The topological polar surface area (TPSA) is 56.2 Å². The first-order chi connectivity index (χ1) is 15.9. The van der Waals surface area contributed by atoms with Crippen LogP contribution in [0.25, 0.3) is 17.1 Å². The minimum atomic E-state index is -0.103. The molecule has 6 rings (SSSR count). The summed E-state index contributed by atoms with van der Waals surface area (Å²) in [4.78, 5) is 14.1. The third kappa shape index (κ3) is 3.29. The zero-order valence-electron chi connectivity index (χ0n) is 18.9. The summed E-state index contributed by atoms with van der Waals surface area (Å²) in [6.45, 7) is 6.86. The molecule has 1 fully saturated rings. The molecule has 166 valence electrons. The number of imidazole rings is 1. The van der Waals surface area contributed by atoms with E-state index in [0.717, 1.165) is 39.8 Å². The second kappa shape index (κ2) is 7.65. The van der Waals surface area contributed by atoms with E-state index in [4.69, 9.17) is 14.4 Å². The van der Waals surface area contributed by atoms with Gasteiger partial charge in [0.1, 0.15) is 12.0 Å². The van der Waals surface area contributed by atoms with Crippen LogP contribution in [0.5, 0.6) is 0 Å². The van der Waals surface area contributed by atoms with E-state index >= 15 is 0 Å². The first kappa shape index (κ1) is 20.8. The van der Waals surface area contributed by atoms with Gasteiger partial charge in [0, 0.05) is 14.7 Å². The molecule has 5 nitrogen and oxygen atoms in total. The quantitative estimate of drug-likeness (QED) is 0.267. The molecule has 0 radical (unpaired) electrons. The van der Waals surface area contributed by atoms with Crippen LogP contribution < -0.4 is 0 Å². The van der Waals surface area contributed by atoms with Gasteiger partial charge in [-0.15, -0.1) is 0 Å². The summed E-state index contributed by atoms with van der Waals surface area (Å²) in [6.07, 6.45) is 7.51. The number of aromatic nitrogens is 3. The number of nitrogens with zero attached hydrogens (tertiary/aromatic N) is 4. The lowest BCUT2D eigenvalue weighted by atomic mass is 9.60. The van der Waals surface area contributed by atoms with Gasteiger partial charge in [-0.1, -0.05) is 38.1 Å². The Labute approximate surface area is 207 Å². The number of benzene rings is 2. The molecule has 0 N–H and O–H groups in total. The largest absolute Gasteiger partial charge is 0.442 e. The molecule has 2 aliphatic rings. The molecule has 0 amide bonds. The summed E-state index contributed by atoms with van der Waals surface area (Å²) in [5, 5.41) is 0. The highest BCUT2D eigenvalue weighted by molar-refractivity contribution is 14.1. The van der Waals surface area contributed by atoms with Crippen LogP contribution in [0.15, 0.2) is 70.8 Å². The fourth-order valence-corrected chi connectivity index (χ4v) is 6.33. The molecule has 1 aliphatic carbocycles. The highest BCUT2D eigenvalue weighted by Gasteiger charge is 2.40. The Morgan fingerprint density at radius 2 is 1.91 bits per heavy atom. The fraction of sp³-hybridized carbons (Fsp3) is 0.296. The number of hydrogen-bond acceptors (Lipinski definition) is 4. The maximum absolute atomic E-state index is 5.61. The molecule has 2 aromatic carbocycles. The van der Waals surface area contributed by atoms with Crippen LogP contribution in [-0.4, -0.2) is 20.2 Å². The molecule has 0 bridgehead atoms. The van der Waals surface area contributed by atoms with E-state index in [1.54, 1.807) is 6.20 Å². The van der Waals surface area contributed by atoms with Gasteiger partial charge in [0.05, 0.1) is 29.3 Å². The van der Waals surface area contributed by atoms with E-state index in [9.17, 15) is 0 Å². The SMILES string of the molecule is CC1CC(C)(c2ccc3c(c2)C(c2ccccc2I)=N[C@H](C)c2c(-c4cnco4)ncn2-3)C1. The molecule has 33 heavy (non-hydrogen) atoms. The Balaban J connectivity index is 1.61. The third-order valence-electron chi connectivity index (χ3n) is 7.12. The molecule has 1 aliphatic heterocycles. The van der Waals surface area contributed by atoms with Crippen LogP contribution in [0.1, 0.15) is 62.0 Å². The Morgan fingerprint density at radius 3 is 2.64 bits per heavy atom. The maximum atomic E-state index is 5.61. The van der Waals surface area contributed by atoms with Gasteiger partial charge in [-0.05, 0) is 77.5 Å². The van der Waals surface area contributed by atoms with Crippen LogP contribution >= 0.6 is 22.6 Å². The zero-order valence-corrected chi connectivity index (χ0v) is 21.1. The summed E-state index contributed by atoms with van der Waals surface area (Å²) < 4.78 is 8.99. The maximum Gasteiger partial charge on any atom is 0.181 e. The van der Waals surface area contributed by atoms with E-state index in [1.165, 1.54) is 28.4 Å². The van der Waals surface area contributed by atoms with Gasteiger partial charge in [-0.2, -0.15) is 0 Å². The van der Waals surface area contributed by atoms with Crippen molar-refractivity contribution in [3.8, 4) is 17.1 Å². The van der Waals surface area contributed by atoms with Crippen molar-refractivity contribution in [1.82, 2.24) is 14.5 Å². The number of aliphatic imine (C=N–C) groups is 1. The lowest BCUT2D eigenvalue weighted by molar-refractivity contribution is 0.178. The molecule has 0 saturated heterocycles. The van der Waals surface area contributed by atoms with Crippen molar-refractivity contribution >= 4 is 28.3 Å². The number of fused-ring (bicyclic) bond motifs is 3. The Bertz CT molecular complexity index is 1380. The molecule has 0 unspecified atom stereocenters. The van der Waals surface area contributed by atoms with Gasteiger partial charge in [-0.3, -0.25) is 9.56 Å². The van der Waals surface area contributed by atoms with E-state index in [2.05, 4.69) is 95.4 Å². The molecule has 6 heteroatoms. The summed E-state index contributed by atoms with van der Waals surface area (Å²) in [5.41, 5.74) is 7.89. The lowest BCUT2D eigenvalue weighted by Crippen LogP contribution is -2.37. The predicted octanol–water partition coefficient (Wildman–Crippen LogP) is 6.73. The monoisotopic (exact) mass is 548 g/mol. The van der Waals surface area contributed by atoms with Gasteiger partial charge in [0.15, 0.2) is 12.2 Å². The van der Waals surface area contributed by atoms with Crippen LogP contribution in [-0.2, 0) is 5.41 Å². The second-order valence-corrected chi connectivity index (χ2v) is 10.8. The highest BCUT2D eigenvalue weighted by Crippen LogP contribution is 2.48. The second-order valence-electron chi connectivity index (χ2n) is 9.65. The molecule has 0 spiro atoms.